The lowest BCUT2D eigenvalue weighted by Gasteiger charge is -2.21. The standard InChI is InChI=1S/C20H24N2O2/c1-21(2)18-9-10-19-17(14-18)15-22(12-13-24-19)20(23)11-8-16-6-4-3-5-7-16/h3-7,9-10,14H,8,11-13,15H2,1-2H3. The fourth-order valence-corrected chi connectivity index (χ4v) is 2.93. The fourth-order valence-electron chi connectivity index (χ4n) is 2.93. The number of rotatable bonds is 4. The highest BCUT2D eigenvalue weighted by molar-refractivity contribution is 5.76. The van der Waals surface area contributed by atoms with Crippen LogP contribution in [0.25, 0.3) is 0 Å². The zero-order valence-electron chi connectivity index (χ0n) is 14.4. The van der Waals surface area contributed by atoms with Crippen LogP contribution in [0.5, 0.6) is 5.75 Å². The molecular formula is C20H24N2O2. The second-order valence-electron chi connectivity index (χ2n) is 6.34. The number of carbonyl (C=O) groups is 1. The van der Waals surface area contributed by atoms with Crippen LogP contribution in [0.3, 0.4) is 0 Å². The predicted octanol–water partition coefficient (Wildman–Crippen LogP) is 3.11. The van der Waals surface area contributed by atoms with Crippen molar-refractivity contribution in [1.29, 1.82) is 0 Å². The Kier molecular flexibility index (Phi) is 5.04. The van der Waals surface area contributed by atoms with Gasteiger partial charge in [-0.1, -0.05) is 30.3 Å². The highest BCUT2D eigenvalue weighted by Crippen LogP contribution is 2.27. The molecule has 0 saturated carbocycles. The van der Waals surface area contributed by atoms with Crippen LogP contribution in [0.1, 0.15) is 17.5 Å². The van der Waals surface area contributed by atoms with Gasteiger partial charge in [-0.2, -0.15) is 0 Å². The third-order valence-electron chi connectivity index (χ3n) is 4.36. The van der Waals surface area contributed by atoms with Gasteiger partial charge in [-0.3, -0.25) is 4.79 Å². The number of nitrogens with zero attached hydrogens (tertiary/aromatic N) is 2. The van der Waals surface area contributed by atoms with Gasteiger partial charge < -0.3 is 14.5 Å². The number of ether oxygens (including phenoxy) is 1. The third kappa shape index (κ3) is 3.88. The molecule has 0 fully saturated rings. The summed E-state index contributed by atoms with van der Waals surface area (Å²) in [4.78, 5) is 16.6. The molecule has 0 spiro atoms. The van der Waals surface area contributed by atoms with Gasteiger partial charge in [0.1, 0.15) is 12.4 Å². The van der Waals surface area contributed by atoms with Crippen LogP contribution in [0.15, 0.2) is 48.5 Å². The molecule has 0 radical (unpaired) electrons. The molecule has 3 rings (SSSR count). The van der Waals surface area contributed by atoms with Crippen LogP contribution in [-0.4, -0.2) is 38.1 Å². The Hall–Kier alpha value is -2.49. The maximum absolute atomic E-state index is 12.6. The number of anilines is 1. The summed E-state index contributed by atoms with van der Waals surface area (Å²) in [6, 6.07) is 16.3. The van der Waals surface area contributed by atoms with Gasteiger partial charge in [0, 0.05) is 38.3 Å². The zero-order chi connectivity index (χ0) is 16.9. The van der Waals surface area contributed by atoms with Gasteiger partial charge in [-0.15, -0.1) is 0 Å². The molecular weight excluding hydrogens is 300 g/mol. The lowest BCUT2D eigenvalue weighted by molar-refractivity contribution is -0.131. The maximum atomic E-state index is 12.6. The number of fused-ring (bicyclic) bond motifs is 1. The number of carbonyl (C=O) groups excluding carboxylic acids is 1. The van der Waals surface area contributed by atoms with E-state index in [2.05, 4.69) is 23.1 Å². The van der Waals surface area contributed by atoms with Crippen molar-refractivity contribution >= 4 is 11.6 Å². The van der Waals surface area contributed by atoms with Crippen LogP contribution in [0, 0.1) is 0 Å². The van der Waals surface area contributed by atoms with E-state index in [-0.39, 0.29) is 5.91 Å². The predicted molar refractivity (Wildman–Crippen MR) is 96.4 cm³/mol. The average Bonchev–Trinajstić information content (AvgIpc) is 2.82. The van der Waals surface area contributed by atoms with Crippen LogP contribution < -0.4 is 9.64 Å². The van der Waals surface area contributed by atoms with E-state index in [1.54, 1.807) is 0 Å². The van der Waals surface area contributed by atoms with Gasteiger partial charge in [0.15, 0.2) is 0 Å². The molecule has 0 saturated heterocycles. The molecule has 0 aliphatic carbocycles. The van der Waals surface area contributed by atoms with Gasteiger partial charge in [0.2, 0.25) is 5.91 Å². The Bertz CT molecular complexity index is 698. The van der Waals surface area contributed by atoms with Crippen molar-refractivity contribution in [3.63, 3.8) is 0 Å². The minimum atomic E-state index is 0.186. The summed E-state index contributed by atoms with van der Waals surface area (Å²) in [6.07, 6.45) is 1.31. The summed E-state index contributed by atoms with van der Waals surface area (Å²) in [6.45, 7) is 1.80. The SMILES string of the molecule is CN(C)c1ccc2c(c1)CN(C(=O)CCc1ccccc1)CCO2. The minimum absolute atomic E-state index is 0.186. The first kappa shape index (κ1) is 16.4. The van der Waals surface area contributed by atoms with Gasteiger partial charge in [0.05, 0.1) is 6.54 Å². The Balaban J connectivity index is 1.68. The molecule has 4 nitrogen and oxygen atoms in total. The van der Waals surface area contributed by atoms with Crippen LogP contribution in [-0.2, 0) is 17.8 Å². The molecule has 0 N–H and O–H groups in total. The van der Waals surface area contributed by atoms with Crippen molar-refractivity contribution in [2.75, 3.05) is 32.1 Å². The normalized spacial score (nSPS) is 13.7. The molecule has 126 valence electrons. The molecule has 1 aliphatic heterocycles. The summed E-state index contributed by atoms with van der Waals surface area (Å²) in [5, 5.41) is 0. The van der Waals surface area contributed by atoms with Crippen molar-refractivity contribution in [3.8, 4) is 5.75 Å². The van der Waals surface area contributed by atoms with Crippen molar-refractivity contribution in [2.24, 2.45) is 0 Å². The van der Waals surface area contributed by atoms with Gasteiger partial charge >= 0.3 is 0 Å². The highest BCUT2D eigenvalue weighted by Gasteiger charge is 2.20. The molecule has 0 atom stereocenters. The Morgan fingerprint density at radius 1 is 1.17 bits per heavy atom. The van der Waals surface area contributed by atoms with E-state index in [1.165, 1.54) is 5.56 Å². The molecule has 1 aliphatic rings. The summed E-state index contributed by atoms with van der Waals surface area (Å²) < 4.78 is 5.81. The van der Waals surface area contributed by atoms with E-state index in [0.29, 0.717) is 26.1 Å². The lowest BCUT2D eigenvalue weighted by atomic mass is 10.1. The lowest BCUT2D eigenvalue weighted by Crippen LogP contribution is -2.32. The van der Waals surface area contributed by atoms with E-state index in [4.69, 9.17) is 4.74 Å². The topological polar surface area (TPSA) is 32.8 Å². The van der Waals surface area contributed by atoms with E-state index in [9.17, 15) is 4.79 Å². The fraction of sp³-hybridized carbons (Fsp3) is 0.350. The van der Waals surface area contributed by atoms with Crippen molar-refractivity contribution in [2.45, 2.75) is 19.4 Å². The molecule has 2 aromatic rings. The molecule has 1 amide bonds. The van der Waals surface area contributed by atoms with Crippen LogP contribution in [0.4, 0.5) is 5.69 Å². The molecule has 24 heavy (non-hydrogen) atoms. The number of aryl methyl sites for hydroxylation is 1. The highest BCUT2D eigenvalue weighted by atomic mass is 16.5. The minimum Gasteiger partial charge on any atom is -0.491 e. The smallest absolute Gasteiger partial charge is 0.223 e. The Morgan fingerprint density at radius 2 is 1.96 bits per heavy atom. The number of hydrogen-bond donors (Lipinski definition) is 0. The van der Waals surface area contributed by atoms with Crippen molar-refractivity contribution in [1.82, 2.24) is 4.90 Å². The second-order valence-corrected chi connectivity index (χ2v) is 6.34. The molecule has 1 heterocycles. The molecule has 2 aromatic carbocycles. The van der Waals surface area contributed by atoms with E-state index in [1.807, 2.05) is 49.3 Å². The van der Waals surface area contributed by atoms with E-state index < -0.39 is 0 Å². The molecule has 0 unspecified atom stereocenters. The van der Waals surface area contributed by atoms with Gasteiger partial charge in [-0.05, 0) is 30.2 Å². The first-order valence-corrected chi connectivity index (χ1v) is 8.38. The van der Waals surface area contributed by atoms with Crippen LogP contribution in [0.2, 0.25) is 0 Å². The number of hydrogen-bond acceptors (Lipinski definition) is 3. The molecule has 4 heteroatoms. The van der Waals surface area contributed by atoms with Crippen molar-refractivity contribution < 1.29 is 9.53 Å². The summed E-state index contributed by atoms with van der Waals surface area (Å²) in [5.41, 5.74) is 3.40. The Labute approximate surface area is 143 Å². The maximum Gasteiger partial charge on any atom is 0.223 e. The monoisotopic (exact) mass is 324 g/mol. The molecule has 0 aromatic heterocycles. The zero-order valence-corrected chi connectivity index (χ0v) is 14.4. The van der Waals surface area contributed by atoms with E-state index in [0.717, 1.165) is 23.4 Å². The van der Waals surface area contributed by atoms with Crippen molar-refractivity contribution in [3.05, 3.63) is 59.7 Å². The quantitative estimate of drug-likeness (QED) is 0.866. The van der Waals surface area contributed by atoms with Gasteiger partial charge in [0.25, 0.3) is 0 Å². The van der Waals surface area contributed by atoms with Crippen LogP contribution >= 0.6 is 0 Å². The first-order valence-electron chi connectivity index (χ1n) is 8.38. The van der Waals surface area contributed by atoms with E-state index >= 15 is 0 Å². The summed E-state index contributed by atoms with van der Waals surface area (Å²) >= 11 is 0. The largest absolute Gasteiger partial charge is 0.491 e. The van der Waals surface area contributed by atoms with Gasteiger partial charge in [-0.25, -0.2) is 0 Å². The average molecular weight is 324 g/mol. The third-order valence-corrected chi connectivity index (χ3v) is 4.36. The number of amides is 1. The number of benzene rings is 2. The summed E-state index contributed by atoms with van der Waals surface area (Å²) in [7, 11) is 4.03. The molecule has 0 bridgehead atoms. The first-order chi connectivity index (χ1) is 11.6. The Morgan fingerprint density at radius 3 is 2.71 bits per heavy atom. The summed E-state index contributed by atoms with van der Waals surface area (Å²) in [5.74, 6) is 1.07. The second kappa shape index (κ2) is 7.39.